The van der Waals surface area contributed by atoms with Gasteiger partial charge < -0.3 is 0 Å². The van der Waals surface area contributed by atoms with Crippen LogP contribution in [0.3, 0.4) is 0 Å². The molecule has 1 nitrogen and oxygen atoms in total. The van der Waals surface area contributed by atoms with Crippen LogP contribution >= 0.6 is 22.6 Å². The Labute approximate surface area is 96.2 Å². The van der Waals surface area contributed by atoms with Gasteiger partial charge in [-0.3, -0.25) is 4.79 Å². The van der Waals surface area contributed by atoms with Gasteiger partial charge in [0, 0.05) is 9.13 Å². The number of carbonyl (C=O) groups excluding carboxylic acids is 1. The number of benzene rings is 1. The van der Waals surface area contributed by atoms with Crippen LogP contribution < -0.4 is 0 Å². The molecule has 0 atom stereocenters. The van der Waals surface area contributed by atoms with Gasteiger partial charge in [0.05, 0.1) is 0 Å². The molecule has 0 amide bonds. The Morgan fingerprint density at radius 1 is 1.43 bits per heavy atom. The summed E-state index contributed by atoms with van der Waals surface area (Å²) in [5.41, 5.74) is 1.49. The number of hydrogen-bond donors (Lipinski definition) is 0. The fourth-order valence-corrected chi connectivity index (χ4v) is 1.77. The molecule has 1 rings (SSSR count). The van der Waals surface area contributed by atoms with Gasteiger partial charge in [-0.25, -0.2) is 4.39 Å². The van der Waals surface area contributed by atoms with Crippen LogP contribution in [0.2, 0.25) is 0 Å². The first kappa shape index (κ1) is 11.4. The van der Waals surface area contributed by atoms with Crippen LogP contribution in [-0.2, 0) is 0 Å². The maximum atomic E-state index is 12.7. The lowest BCUT2D eigenvalue weighted by Gasteiger charge is -2.00. The zero-order valence-electron chi connectivity index (χ0n) is 7.97. The molecule has 0 spiro atoms. The molecule has 0 fully saturated rings. The molecule has 0 N–H and O–H groups in total. The average molecular weight is 304 g/mol. The van der Waals surface area contributed by atoms with E-state index in [-0.39, 0.29) is 11.6 Å². The summed E-state index contributed by atoms with van der Waals surface area (Å²) in [6.45, 7) is 3.71. The van der Waals surface area contributed by atoms with E-state index in [4.69, 9.17) is 0 Å². The molecule has 0 heterocycles. The van der Waals surface area contributed by atoms with Crippen molar-refractivity contribution in [3.63, 3.8) is 0 Å². The lowest BCUT2D eigenvalue weighted by Crippen LogP contribution is -1.98. The van der Waals surface area contributed by atoms with Gasteiger partial charge in [0.15, 0.2) is 5.78 Å². The maximum absolute atomic E-state index is 12.7. The second kappa shape index (κ2) is 4.68. The minimum atomic E-state index is -0.317. The molecule has 0 aliphatic carbocycles. The molecule has 3 heteroatoms. The van der Waals surface area contributed by atoms with Crippen molar-refractivity contribution >= 4 is 28.4 Å². The molecule has 0 aliphatic rings. The molecule has 74 valence electrons. The predicted octanol–water partition coefficient (Wildman–Crippen LogP) is 3.58. The van der Waals surface area contributed by atoms with Crippen molar-refractivity contribution in [1.29, 1.82) is 0 Å². The Hall–Kier alpha value is -0.710. The third kappa shape index (κ3) is 2.90. The molecule has 0 aliphatic heterocycles. The van der Waals surface area contributed by atoms with Crippen LogP contribution in [0.25, 0.3) is 0 Å². The minimum absolute atomic E-state index is 0.0746. The summed E-state index contributed by atoms with van der Waals surface area (Å²) in [5.74, 6) is -0.391. The Morgan fingerprint density at radius 3 is 2.57 bits per heavy atom. The first-order valence-electron chi connectivity index (χ1n) is 4.15. The molecule has 0 saturated heterocycles. The fraction of sp³-hybridized carbons (Fsp3) is 0.182. The summed E-state index contributed by atoms with van der Waals surface area (Å²) in [7, 11) is 0. The van der Waals surface area contributed by atoms with Gasteiger partial charge >= 0.3 is 0 Å². The Kier molecular flexibility index (Phi) is 3.80. The van der Waals surface area contributed by atoms with E-state index in [0.717, 1.165) is 5.57 Å². The fourth-order valence-electron chi connectivity index (χ4n) is 1.03. The highest BCUT2D eigenvalue weighted by molar-refractivity contribution is 14.1. The van der Waals surface area contributed by atoms with Gasteiger partial charge in [-0.2, -0.15) is 0 Å². The predicted molar refractivity (Wildman–Crippen MR) is 62.9 cm³/mol. The first-order chi connectivity index (χ1) is 6.50. The third-order valence-electron chi connectivity index (χ3n) is 1.62. The van der Waals surface area contributed by atoms with Gasteiger partial charge in [0.1, 0.15) is 5.82 Å². The van der Waals surface area contributed by atoms with Crippen LogP contribution in [0.5, 0.6) is 0 Å². The highest BCUT2D eigenvalue weighted by Gasteiger charge is 2.07. The number of rotatable bonds is 2. The van der Waals surface area contributed by atoms with Crippen LogP contribution in [0.1, 0.15) is 24.2 Å². The molecule has 0 saturated carbocycles. The van der Waals surface area contributed by atoms with Crippen molar-refractivity contribution in [2.24, 2.45) is 0 Å². The second-order valence-electron chi connectivity index (χ2n) is 3.21. The molecule has 1 aromatic carbocycles. The Balaban J connectivity index is 3.08. The molecule has 0 radical (unpaired) electrons. The van der Waals surface area contributed by atoms with E-state index in [2.05, 4.69) is 0 Å². The van der Waals surface area contributed by atoms with Gasteiger partial charge in [-0.05, 0) is 60.7 Å². The molecule has 0 unspecified atom stereocenters. The van der Waals surface area contributed by atoms with Crippen molar-refractivity contribution in [2.75, 3.05) is 0 Å². The van der Waals surface area contributed by atoms with E-state index in [1.54, 1.807) is 6.08 Å². The van der Waals surface area contributed by atoms with E-state index < -0.39 is 0 Å². The summed E-state index contributed by atoms with van der Waals surface area (Å²) in [4.78, 5) is 11.6. The maximum Gasteiger partial charge on any atom is 0.186 e. The quantitative estimate of drug-likeness (QED) is 0.464. The van der Waals surface area contributed by atoms with E-state index in [9.17, 15) is 9.18 Å². The third-order valence-corrected chi connectivity index (χ3v) is 2.51. The number of hydrogen-bond acceptors (Lipinski definition) is 1. The van der Waals surface area contributed by atoms with Crippen LogP contribution in [-0.4, -0.2) is 5.78 Å². The summed E-state index contributed by atoms with van der Waals surface area (Å²) in [6, 6.07) is 4.17. The number of carbonyl (C=O) groups is 1. The smallest absolute Gasteiger partial charge is 0.186 e. The van der Waals surface area contributed by atoms with E-state index >= 15 is 0 Å². The molecular weight excluding hydrogens is 294 g/mol. The average Bonchev–Trinajstić information content (AvgIpc) is 2.01. The highest BCUT2D eigenvalue weighted by Crippen LogP contribution is 2.15. The lowest BCUT2D eigenvalue weighted by molar-refractivity contribution is 0.104. The number of allylic oxidation sites excluding steroid dienone is 2. The minimum Gasteiger partial charge on any atom is -0.289 e. The summed E-state index contributed by atoms with van der Waals surface area (Å²) >= 11 is 1.96. The van der Waals surface area contributed by atoms with Gasteiger partial charge in [-0.1, -0.05) is 5.57 Å². The normalized spacial score (nSPS) is 9.71. The van der Waals surface area contributed by atoms with Crippen LogP contribution in [0.4, 0.5) is 4.39 Å². The SMILES string of the molecule is CC(C)=CC(=O)c1ccc(F)cc1I. The van der Waals surface area contributed by atoms with Crippen molar-refractivity contribution in [3.8, 4) is 0 Å². The largest absolute Gasteiger partial charge is 0.289 e. The van der Waals surface area contributed by atoms with Crippen molar-refractivity contribution in [2.45, 2.75) is 13.8 Å². The molecular formula is C11H10FIO. The van der Waals surface area contributed by atoms with E-state index in [1.807, 2.05) is 36.4 Å². The van der Waals surface area contributed by atoms with Crippen molar-refractivity contribution < 1.29 is 9.18 Å². The Bertz CT molecular complexity index is 392. The molecule has 14 heavy (non-hydrogen) atoms. The Morgan fingerprint density at radius 2 is 2.07 bits per heavy atom. The standard InChI is InChI=1S/C11H10FIO/c1-7(2)5-11(14)9-4-3-8(12)6-10(9)13/h3-6H,1-2H3. The zero-order valence-corrected chi connectivity index (χ0v) is 10.1. The first-order valence-corrected chi connectivity index (χ1v) is 5.23. The monoisotopic (exact) mass is 304 g/mol. The molecule has 0 bridgehead atoms. The summed E-state index contributed by atoms with van der Waals surface area (Å²) in [5, 5.41) is 0. The molecule has 1 aromatic rings. The van der Waals surface area contributed by atoms with E-state index in [0.29, 0.717) is 9.13 Å². The number of halogens is 2. The van der Waals surface area contributed by atoms with Crippen molar-refractivity contribution in [1.82, 2.24) is 0 Å². The lowest BCUT2D eigenvalue weighted by atomic mass is 10.1. The van der Waals surface area contributed by atoms with Gasteiger partial charge in [0.25, 0.3) is 0 Å². The summed E-state index contributed by atoms with van der Waals surface area (Å²) < 4.78 is 13.4. The van der Waals surface area contributed by atoms with Gasteiger partial charge in [0.2, 0.25) is 0 Å². The number of ketones is 1. The summed E-state index contributed by atoms with van der Waals surface area (Å²) in [6.07, 6.45) is 1.55. The highest BCUT2D eigenvalue weighted by atomic mass is 127. The van der Waals surface area contributed by atoms with E-state index in [1.165, 1.54) is 18.2 Å². The molecule has 0 aromatic heterocycles. The van der Waals surface area contributed by atoms with Gasteiger partial charge in [-0.15, -0.1) is 0 Å². The van der Waals surface area contributed by atoms with Crippen molar-refractivity contribution in [3.05, 3.63) is 44.8 Å². The second-order valence-corrected chi connectivity index (χ2v) is 4.37. The van der Waals surface area contributed by atoms with Crippen LogP contribution in [0, 0.1) is 9.39 Å². The zero-order chi connectivity index (χ0) is 10.7. The van der Waals surface area contributed by atoms with Crippen LogP contribution in [0.15, 0.2) is 29.8 Å². The topological polar surface area (TPSA) is 17.1 Å².